The second kappa shape index (κ2) is 3.84. The van der Waals surface area contributed by atoms with Crippen LogP contribution in [0.1, 0.15) is 5.56 Å². The summed E-state index contributed by atoms with van der Waals surface area (Å²) in [6.45, 7) is 0. The minimum absolute atomic E-state index is 0.843. The van der Waals surface area contributed by atoms with E-state index < -0.39 is 0 Å². The Bertz CT molecular complexity index is 218. The molecule has 0 fully saturated rings. The minimum Gasteiger partial charge on any atom is -0.0764 e. The van der Waals surface area contributed by atoms with E-state index in [0.717, 1.165) is 10.2 Å². The molecule has 1 aromatic carbocycles. The third-order valence-electron chi connectivity index (χ3n) is 1.19. The van der Waals surface area contributed by atoms with Gasteiger partial charge in [-0.3, -0.25) is 0 Å². The average Bonchev–Trinajstić information content (AvgIpc) is 1.88. The largest absolute Gasteiger partial charge is 0.0764 e. The van der Waals surface area contributed by atoms with Crippen molar-refractivity contribution in [3.05, 3.63) is 35.9 Å². The molecule has 0 amide bonds. The number of halogens is 1. The van der Waals surface area contributed by atoms with Crippen LogP contribution in [0.4, 0.5) is 0 Å². The molecule has 0 atom stereocenters. The van der Waals surface area contributed by atoms with Crippen LogP contribution in [0.5, 0.6) is 0 Å². The maximum atomic E-state index is 4.89. The SMILES string of the molecule is S=C(Br)Cc1ccccc1. The van der Waals surface area contributed by atoms with E-state index in [-0.39, 0.29) is 0 Å². The maximum Gasteiger partial charge on any atom is 0.0623 e. The van der Waals surface area contributed by atoms with Crippen molar-refractivity contribution < 1.29 is 0 Å². The minimum atomic E-state index is 0.843. The van der Waals surface area contributed by atoms with Gasteiger partial charge in [0.2, 0.25) is 0 Å². The summed E-state index contributed by atoms with van der Waals surface area (Å²) in [6, 6.07) is 10.2. The second-order valence-corrected chi connectivity index (χ2v) is 3.99. The summed E-state index contributed by atoms with van der Waals surface area (Å²) in [5, 5.41) is 0. The van der Waals surface area contributed by atoms with Crippen LogP contribution in [0.25, 0.3) is 0 Å². The van der Waals surface area contributed by atoms with Gasteiger partial charge in [0.1, 0.15) is 0 Å². The van der Waals surface area contributed by atoms with Crippen molar-refractivity contribution in [1.29, 1.82) is 0 Å². The first-order chi connectivity index (χ1) is 4.79. The second-order valence-electron chi connectivity index (χ2n) is 2.02. The van der Waals surface area contributed by atoms with Gasteiger partial charge in [0.05, 0.1) is 3.77 Å². The van der Waals surface area contributed by atoms with Gasteiger partial charge in [0.25, 0.3) is 0 Å². The average molecular weight is 215 g/mol. The predicted octanol–water partition coefficient (Wildman–Crippen LogP) is 2.95. The Hall–Kier alpha value is -0.210. The van der Waals surface area contributed by atoms with E-state index in [0.29, 0.717) is 0 Å². The third kappa shape index (κ3) is 2.58. The van der Waals surface area contributed by atoms with Crippen LogP contribution in [0.2, 0.25) is 0 Å². The van der Waals surface area contributed by atoms with Crippen molar-refractivity contribution >= 4 is 31.9 Å². The van der Waals surface area contributed by atoms with Crippen molar-refractivity contribution in [2.45, 2.75) is 6.42 Å². The molecule has 10 heavy (non-hydrogen) atoms. The van der Waals surface area contributed by atoms with Gasteiger partial charge in [-0.25, -0.2) is 0 Å². The summed E-state index contributed by atoms with van der Waals surface area (Å²) < 4.78 is 0.860. The van der Waals surface area contributed by atoms with Crippen LogP contribution in [0.15, 0.2) is 30.3 Å². The van der Waals surface area contributed by atoms with Gasteiger partial charge < -0.3 is 0 Å². The van der Waals surface area contributed by atoms with Crippen molar-refractivity contribution in [2.75, 3.05) is 0 Å². The molecule has 0 spiro atoms. The van der Waals surface area contributed by atoms with E-state index in [9.17, 15) is 0 Å². The lowest BCUT2D eigenvalue weighted by Crippen LogP contribution is -1.88. The van der Waals surface area contributed by atoms with Crippen molar-refractivity contribution in [1.82, 2.24) is 0 Å². The standard InChI is InChI=1S/C8H7BrS/c9-8(10)6-7-4-2-1-3-5-7/h1-5H,6H2. The molecule has 0 aliphatic carbocycles. The summed E-state index contributed by atoms with van der Waals surface area (Å²) in [5.74, 6) is 0. The molecule has 0 unspecified atom stereocenters. The number of thiocarbonyl (C=S) groups is 1. The molecule has 1 rings (SSSR count). The third-order valence-corrected chi connectivity index (χ3v) is 1.61. The molecular weight excluding hydrogens is 208 g/mol. The zero-order valence-electron chi connectivity index (χ0n) is 5.38. The molecule has 2 heteroatoms. The molecule has 0 aliphatic heterocycles. The number of rotatable bonds is 2. The van der Waals surface area contributed by atoms with E-state index in [2.05, 4.69) is 28.1 Å². The Morgan fingerprint density at radius 3 is 2.40 bits per heavy atom. The molecule has 0 saturated heterocycles. The molecule has 0 heterocycles. The molecule has 1 aromatic rings. The van der Waals surface area contributed by atoms with Crippen molar-refractivity contribution in [2.24, 2.45) is 0 Å². The first kappa shape index (κ1) is 7.89. The quantitative estimate of drug-likeness (QED) is 0.539. The fourth-order valence-electron chi connectivity index (χ4n) is 0.756. The highest BCUT2D eigenvalue weighted by Gasteiger charge is 1.91. The van der Waals surface area contributed by atoms with Crippen LogP contribution >= 0.6 is 28.1 Å². The van der Waals surface area contributed by atoms with Gasteiger partial charge in [0, 0.05) is 6.42 Å². The Labute approximate surface area is 74.4 Å². The van der Waals surface area contributed by atoms with Crippen LogP contribution in [0, 0.1) is 0 Å². The number of hydrogen-bond donors (Lipinski definition) is 0. The lowest BCUT2D eigenvalue weighted by Gasteiger charge is -1.94. The van der Waals surface area contributed by atoms with E-state index in [1.54, 1.807) is 0 Å². The van der Waals surface area contributed by atoms with Gasteiger partial charge in [0.15, 0.2) is 0 Å². The van der Waals surface area contributed by atoms with Gasteiger partial charge >= 0.3 is 0 Å². The predicted molar refractivity (Wildman–Crippen MR) is 51.7 cm³/mol. The number of hydrogen-bond acceptors (Lipinski definition) is 1. The molecule has 0 radical (unpaired) electrons. The van der Waals surface area contributed by atoms with E-state index in [4.69, 9.17) is 12.2 Å². The summed E-state index contributed by atoms with van der Waals surface area (Å²) >= 11 is 8.14. The lowest BCUT2D eigenvalue weighted by molar-refractivity contribution is 1.38. The molecule has 0 saturated carbocycles. The Kier molecular flexibility index (Phi) is 3.03. The molecule has 0 aliphatic rings. The summed E-state index contributed by atoms with van der Waals surface area (Å²) in [4.78, 5) is 0. The Morgan fingerprint density at radius 1 is 1.30 bits per heavy atom. The van der Waals surface area contributed by atoms with Crippen LogP contribution in [-0.4, -0.2) is 3.77 Å². The molecule has 0 bridgehead atoms. The van der Waals surface area contributed by atoms with Crippen LogP contribution in [-0.2, 0) is 6.42 Å². The molecule has 52 valence electrons. The topological polar surface area (TPSA) is 0 Å². The normalized spacial score (nSPS) is 9.30. The zero-order valence-corrected chi connectivity index (χ0v) is 7.78. The van der Waals surface area contributed by atoms with Gasteiger partial charge in [-0.05, 0) is 21.5 Å². The van der Waals surface area contributed by atoms with Gasteiger partial charge in [-0.15, -0.1) is 0 Å². The van der Waals surface area contributed by atoms with Crippen molar-refractivity contribution in [3.8, 4) is 0 Å². The smallest absolute Gasteiger partial charge is 0.0623 e. The van der Waals surface area contributed by atoms with Crippen LogP contribution < -0.4 is 0 Å². The highest BCUT2D eigenvalue weighted by Crippen LogP contribution is 2.03. The van der Waals surface area contributed by atoms with E-state index in [1.807, 2.05) is 18.2 Å². The zero-order chi connectivity index (χ0) is 7.40. The summed E-state index contributed by atoms with van der Waals surface area (Å²) in [7, 11) is 0. The van der Waals surface area contributed by atoms with Crippen LogP contribution in [0.3, 0.4) is 0 Å². The summed E-state index contributed by atoms with van der Waals surface area (Å²) in [5.41, 5.74) is 1.25. The Morgan fingerprint density at radius 2 is 1.90 bits per heavy atom. The molecule has 0 N–H and O–H groups in total. The first-order valence-corrected chi connectivity index (χ1v) is 4.21. The first-order valence-electron chi connectivity index (χ1n) is 3.01. The fourth-order valence-corrected chi connectivity index (χ4v) is 1.25. The lowest BCUT2D eigenvalue weighted by atomic mass is 10.2. The highest BCUT2D eigenvalue weighted by atomic mass is 79.9. The summed E-state index contributed by atoms with van der Waals surface area (Å²) in [6.07, 6.45) is 0.843. The van der Waals surface area contributed by atoms with E-state index >= 15 is 0 Å². The number of benzene rings is 1. The highest BCUT2D eigenvalue weighted by molar-refractivity contribution is 9.20. The van der Waals surface area contributed by atoms with Gasteiger partial charge in [-0.2, -0.15) is 0 Å². The molecule has 0 aromatic heterocycles. The monoisotopic (exact) mass is 214 g/mol. The maximum absolute atomic E-state index is 4.89. The molecule has 0 nitrogen and oxygen atoms in total. The fraction of sp³-hybridized carbons (Fsp3) is 0.125. The Balaban J connectivity index is 2.67. The van der Waals surface area contributed by atoms with Crippen molar-refractivity contribution in [3.63, 3.8) is 0 Å². The van der Waals surface area contributed by atoms with Gasteiger partial charge in [-0.1, -0.05) is 42.5 Å². The molecular formula is C8H7BrS. The van der Waals surface area contributed by atoms with E-state index in [1.165, 1.54) is 5.56 Å².